The summed E-state index contributed by atoms with van der Waals surface area (Å²) >= 11 is 5.97. The molecule has 2 aromatic rings. The first-order valence-electron chi connectivity index (χ1n) is 7.23. The molecule has 116 valence electrons. The van der Waals surface area contributed by atoms with Gasteiger partial charge in [0.1, 0.15) is 17.9 Å². The van der Waals surface area contributed by atoms with Crippen LogP contribution >= 0.6 is 11.6 Å². The van der Waals surface area contributed by atoms with Gasteiger partial charge in [0.05, 0.1) is 11.6 Å². The SMILES string of the molecule is CCn1nc(C)c2nc(CCl)n(CC(=O)NCC(C)C)c21. The minimum Gasteiger partial charge on any atom is -0.354 e. The minimum atomic E-state index is -0.0316. The molecule has 0 atom stereocenters. The quantitative estimate of drug-likeness (QED) is 0.831. The molecule has 0 radical (unpaired) electrons. The highest BCUT2D eigenvalue weighted by molar-refractivity contribution is 6.16. The van der Waals surface area contributed by atoms with E-state index >= 15 is 0 Å². The van der Waals surface area contributed by atoms with Gasteiger partial charge in [-0.1, -0.05) is 13.8 Å². The molecule has 2 aromatic heterocycles. The lowest BCUT2D eigenvalue weighted by Crippen LogP contribution is -2.31. The lowest BCUT2D eigenvalue weighted by Gasteiger charge is -2.11. The molecule has 2 rings (SSSR count). The third-order valence-corrected chi connectivity index (χ3v) is 3.55. The van der Waals surface area contributed by atoms with Crippen molar-refractivity contribution >= 4 is 28.7 Å². The largest absolute Gasteiger partial charge is 0.354 e. The Labute approximate surface area is 129 Å². The first-order chi connectivity index (χ1) is 9.97. The predicted molar refractivity (Wildman–Crippen MR) is 83.3 cm³/mol. The van der Waals surface area contributed by atoms with E-state index in [-0.39, 0.29) is 18.3 Å². The first kappa shape index (κ1) is 15.8. The number of nitrogens with one attached hydrogen (secondary N) is 1. The number of alkyl halides is 1. The summed E-state index contributed by atoms with van der Waals surface area (Å²) in [4.78, 5) is 16.6. The van der Waals surface area contributed by atoms with Gasteiger partial charge in [-0.2, -0.15) is 5.10 Å². The van der Waals surface area contributed by atoms with E-state index in [1.807, 2.05) is 23.1 Å². The molecule has 0 aliphatic heterocycles. The van der Waals surface area contributed by atoms with Gasteiger partial charge in [0.25, 0.3) is 0 Å². The Morgan fingerprint density at radius 2 is 2.14 bits per heavy atom. The zero-order valence-electron chi connectivity index (χ0n) is 13.0. The summed E-state index contributed by atoms with van der Waals surface area (Å²) in [5.74, 6) is 1.37. The number of nitrogens with zero attached hydrogens (tertiary/aromatic N) is 4. The van der Waals surface area contributed by atoms with Crippen LogP contribution in [0.15, 0.2) is 0 Å². The molecule has 1 amide bonds. The molecule has 0 spiro atoms. The van der Waals surface area contributed by atoms with Crippen LogP contribution in [0.5, 0.6) is 0 Å². The highest BCUT2D eigenvalue weighted by Crippen LogP contribution is 2.20. The maximum Gasteiger partial charge on any atom is 0.240 e. The lowest BCUT2D eigenvalue weighted by atomic mass is 10.2. The van der Waals surface area contributed by atoms with E-state index in [2.05, 4.69) is 29.2 Å². The fraction of sp³-hybridized carbons (Fsp3) is 0.643. The van der Waals surface area contributed by atoms with Gasteiger partial charge in [-0.3, -0.25) is 4.79 Å². The second-order valence-corrected chi connectivity index (χ2v) is 5.79. The Hall–Kier alpha value is -1.56. The summed E-state index contributed by atoms with van der Waals surface area (Å²) in [6, 6.07) is 0. The van der Waals surface area contributed by atoms with Crippen LogP contribution in [0.3, 0.4) is 0 Å². The Bertz CT molecular complexity index is 643. The summed E-state index contributed by atoms with van der Waals surface area (Å²) < 4.78 is 3.73. The highest BCUT2D eigenvalue weighted by atomic mass is 35.5. The van der Waals surface area contributed by atoms with Gasteiger partial charge in [0.15, 0.2) is 5.65 Å². The minimum absolute atomic E-state index is 0.0316. The van der Waals surface area contributed by atoms with E-state index in [0.717, 1.165) is 23.4 Å². The van der Waals surface area contributed by atoms with Crippen LogP contribution in [0.25, 0.3) is 11.2 Å². The average Bonchev–Trinajstić information content (AvgIpc) is 2.95. The van der Waals surface area contributed by atoms with Crippen LogP contribution in [0.2, 0.25) is 0 Å². The fourth-order valence-electron chi connectivity index (χ4n) is 2.28. The topological polar surface area (TPSA) is 64.7 Å². The molecular weight excluding hydrogens is 290 g/mol. The summed E-state index contributed by atoms with van der Waals surface area (Å²) in [6.45, 7) is 9.68. The zero-order chi connectivity index (χ0) is 15.6. The number of imidazole rings is 1. The second kappa shape index (κ2) is 6.47. The maximum absolute atomic E-state index is 12.1. The number of carbonyl (C=O) groups excluding carboxylic acids is 1. The van der Waals surface area contributed by atoms with E-state index in [9.17, 15) is 4.79 Å². The van der Waals surface area contributed by atoms with Crippen molar-refractivity contribution in [2.45, 2.75) is 46.7 Å². The number of amides is 1. The molecule has 0 bridgehead atoms. The standard InChI is InChI=1S/C14H22ClN5O/c1-5-20-14-13(10(4)18-20)17-11(6-15)19(14)8-12(21)16-7-9(2)3/h9H,5-8H2,1-4H3,(H,16,21). The average molecular weight is 312 g/mol. The third-order valence-electron chi connectivity index (χ3n) is 3.31. The van der Waals surface area contributed by atoms with Crippen molar-refractivity contribution < 1.29 is 4.79 Å². The van der Waals surface area contributed by atoms with Gasteiger partial charge in [-0.25, -0.2) is 9.67 Å². The van der Waals surface area contributed by atoms with Gasteiger partial charge < -0.3 is 9.88 Å². The van der Waals surface area contributed by atoms with Crippen molar-refractivity contribution in [2.75, 3.05) is 6.54 Å². The molecule has 0 aliphatic rings. The summed E-state index contributed by atoms with van der Waals surface area (Å²) in [5.41, 5.74) is 2.55. The van der Waals surface area contributed by atoms with E-state index in [1.54, 1.807) is 0 Å². The van der Waals surface area contributed by atoms with Crippen molar-refractivity contribution in [1.82, 2.24) is 24.6 Å². The smallest absolute Gasteiger partial charge is 0.240 e. The maximum atomic E-state index is 12.1. The number of aromatic nitrogens is 4. The van der Waals surface area contributed by atoms with E-state index < -0.39 is 0 Å². The zero-order valence-corrected chi connectivity index (χ0v) is 13.7. The number of hydrogen-bond donors (Lipinski definition) is 1. The highest BCUT2D eigenvalue weighted by Gasteiger charge is 2.19. The molecule has 0 unspecified atom stereocenters. The summed E-state index contributed by atoms with van der Waals surface area (Å²) in [7, 11) is 0. The summed E-state index contributed by atoms with van der Waals surface area (Å²) in [5, 5.41) is 7.36. The van der Waals surface area contributed by atoms with Crippen molar-refractivity contribution in [2.24, 2.45) is 5.92 Å². The molecule has 2 heterocycles. The lowest BCUT2D eigenvalue weighted by molar-refractivity contribution is -0.121. The Balaban J connectivity index is 2.34. The van der Waals surface area contributed by atoms with Crippen molar-refractivity contribution in [3.05, 3.63) is 11.5 Å². The number of hydrogen-bond acceptors (Lipinski definition) is 3. The second-order valence-electron chi connectivity index (χ2n) is 5.52. The number of fused-ring (bicyclic) bond motifs is 1. The van der Waals surface area contributed by atoms with Gasteiger partial charge >= 0.3 is 0 Å². The normalized spacial score (nSPS) is 11.5. The molecule has 0 saturated carbocycles. The molecule has 21 heavy (non-hydrogen) atoms. The number of aryl methyl sites for hydroxylation is 2. The van der Waals surface area contributed by atoms with Crippen LogP contribution in [0.4, 0.5) is 0 Å². The van der Waals surface area contributed by atoms with Crippen LogP contribution in [0, 0.1) is 12.8 Å². The monoisotopic (exact) mass is 311 g/mol. The van der Waals surface area contributed by atoms with E-state index in [1.165, 1.54) is 0 Å². The number of halogens is 1. The Kier molecular flexibility index (Phi) is 4.88. The first-order valence-corrected chi connectivity index (χ1v) is 7.76. The number of carbonyl (C=O) groups is 1. The van der Waals surface area contributed by atoms with Gasteiger partial charge in [0, 0.05) is 13.1 Å². The van der Waals surface area contributed by atoms with Crippen molar-refractivity contribution in [1.29, 1.82) is 0 Å². The molecule has 0 aliphatic carbocycles. The molecule has 6 nitrogen and oxygen atoms in total. The van der Waals surface area contributed by atoms with E-state index in [4.69, 9.17) is 11.6 Å². The van der Waals surface area contributed by atoms with Crippen LogP contribution in [-0.4, -0.2) is 31.8 Å². The van der Waals surface area contributed by atoms with Gasteiger partial charge in [-0.15, -0.1) is 11.6 Å². The van der Waals surface area contributed by atoms with Crippen LogP contribution in [0.1, 0.15) is 32.3 Å². The molecular formula is C14H22ClN5O. The Morgan fingerprint density at radius 1 is 1.43 bits per heavy atom. The molecule has 0 aromatic carbocycles. The summed E-state index contributed by atoms with van der Waals surface area (Å²) in [6.07, 6.45) is 0. The molecule has 1 N–H and O–H groups in total. The van der Waals surface area contributed by atoms with Crippen molar-refractivity contribution in [3.63, 3.8) is 0 Å². The van der Waals surface area contributed by atoms with Gasteiger partial charge in [-0.05, 0) is 19.8 Å². The van der Waals surface area contributed by atoms with Crippen LogP contribution in [-0.2, 0) is 23.8 Å². The molecule has 7 heteroatoms. The van der Waals surface area contributed by atoms with Crippen LogP contribution < -0.4 is 5.32 Å². The number of rotatable bonds is 6. The van der Waals surface area contributed by atoms with E-state index in [0.29, 0.717) is 18.3 Å². The van der Waals surface area contributed by atoms with Crippen molar-refractivity contribution in [3.8, 4) is 0 Å². The molecule has 0 fully saturated rings. The predicted octanol–water partition coefficient (Wildman–Crippen LogP) is 2.07. The fourth-order valence-corrected chi connectivity index (χ4v) is 2.48. The van der Waals surface area contributed by atoms with Gasteiger partial charge in [0.2, 0.25) is 5.91 Å². The molecule has 0 saturated heterocycles. The third kappa shape index (κ3) is 3.20. The Morgan fingerprint density at radius 3 is 2.71 bits per heavy atom.